The summed E-state index contributed by atoms with van der Waals surface area (Å²) in [6.45, 7) is 1.40. The lowest BCUT2D eigenvalue weighted by Gasteiger charge is -2.21. The fraction of sp³-hybridized carbons (Fsp3) is 0.250. The van der Waals surface area contributed by atoms with Crippen molar-refractivity contribution in [3.63, 3.8) is 0 Å². The second-order valence-corrected chi connectivity index (χ2v) is 4.15. The van der Waals surface area contributed by atoms with Crippen LogP contribution in [0.3, 0.4) is 0 Å². The molecule has 4 heteroatoms. The predicted octanol–water partition coefficient (Wildman–Crippen LogP) is 0.840. The van der Waals surface area contributed by atoms with Crippen molar-refractivity contribution in [2.75, 3.05) is 6.54 Å². The first-order valence-electron chi connectivity index (χ1n) is 5.37. The number of amides is 1. The van der Waals surface area contributed by atoms with Gasteiger partial charge in [-0.3, -0.25) is 4.79 Å². The fourth-order valence-corrected chi connectivity index (χ4v) is 2.44. The van der Waals surface area contributed by atoms with Gasteiger partial charge >= 0.3 is 0 Å². The number of H-pyrrole nitrogens is 1. The molecular weight excluding hydrogens is 202 g/mol. The SMILES string of the molecule is NC(=O)C1CNCc2[nH]c3ccccc3c21. The van der Waals surface area contributed by atoms with Crippen molar-refractivity contribution in [3.8, 4) is 0 Å². The minimum Gasteiger partial charge on any atom is -0.369 e. The van der Waals surface area contributed by atoms with Gasteiger partial charge in [0.1, 0.15) is 0 Å². The Hall–Kier alpha value is -1.81. The summed E-state index contributed by atoms with van der Waals surface area (Å²) in [5.41, 5.74) is 8.66. The van der Waals surface area contributed by atoms with E-state index in [2.05, 4.69) is 10.3 Å². The standard InChI is InChI=1S/C12H13N3O/c13-12(16)8-5-14-6-10-11(8)7-3-1-2-4-9(7)15-10/h1-4,8,14-15H,5-6H2,(H2,13,16). The summed E-state index contributed by atoms with van der Waals surface area (Å²) in [5.74, 6) is -0.488. The van der Waals surface area contributed by atoms with Gasteiger partial charge in [-0.05, 0) is 11.6 Å². The van der Waals surface area contributed by atoms with Gasteiger partial charge in [0.15, 0.2) is 0 Å². The lowest BCUT2D eigenvalue weighted by Crippen LogP contribution is -2.35. The number of nitrogens with one attached hydrogen (secondary N) is 2. The van der Waals surface area contributed by atoms with Crippen LogP contribution >= 0.6 is 0 Å². The summed E-state index contributed by atoms with van der Waals surface area (Å²) < 4.78 is 0. The third-order valence-corrected chi connectivity index (χ3v) is 3.17. The van der Waals surface area contributed by atoms with E-state index in [0.717, 1.165) is 28.7 Å². The van der Waals surface area contributed by atoms with Crippen molar-refractivity contribution in [3.05, 3.63) is 35.5 Å². The largest absolute Gasteiger partial charge is 0.369 e. The number of fused-ring (bicyclic) bond motifs is 3. The van der Waals surface area contributed by atoms with Crippen LogP contribution in [0.2, 0.25) is 0 Å². The molecule has 0 saturated carbocycles. The van der Waals surface area contributed by atoms with E-state index < -0.39 is 0 Å². The van der Waals surface area contributed by atoms with E-state index in [1.54, 1.807) is 0 Å². The number of nitrogens with two attached hydrogens (primary N) is 1. The average molecular weight is 215 g/mol. The van der Waals surface area contributed by atoms with Crippen LogP contribution < -0.4 is 11.1 Å². The van der Waals surface area contributed by atoms with Gasteiger partial charge in [0.05, 0.1) is 5.92 Å². The van der Waals surface area contributed by atoms with Crippen molar-refractivity contribution in [2.45, 2.75) is 12.5 Å². The van der Waals surface area contributed by atoms with Gasteiger partial charge in [-0.25, -0.2) is 0 Å². The lowest BCUT2D eigenvalue weighted by molar-refractivity contribution is -0.119. The number of rotatable bonds is 1. The topological polar surface area (TPSA) is 70.9 Å². The highest BCUT2D eigenvalue weighted by Gasteiger charge is 2.27. The van der Waals surface area contributed by atoms with Crippen molar-refractivity contribution >= 4 is 16.8 Å². The number of hydrogen-bond donors (Lipinski definition) is 3. The van der Waals surface area contributed by atoms with Crippen LogP contribution in [-0.4, -0.2) is 17.4 Å². The van der Waals surface area contributed by atoms with E-state index in [1.165, 1.54) is 0 Å². The molecular formula is C12H13N3O. The molecule has 0 saturated heterocycles. The van der Waals surface area contributed by atoms with Gasteiger partial charge in [-0.15, -0.1) is 0 Å². The molecule has 1 unspecified atom stereocenters. The van der Waals surface area contributed by atoms with Gasteiger partial charge in [0, 0.05) is 29.7 Å². The molecule has 4 N–H and O–H groups in total. The second-order valence-electron chi connectivity index (χ2n) is 4.15. The molecule has 1 atom stereocenters. The molecule has 0 spiro atoms. The number of carbonyl (C=O) groups excluding carboxylic acids is 1. The number of carbonyl (C=O) groups is 1. The van der Waals surface area contributed by atoms with Crippen LogP contribution in [0, 0.1) is 0 Å². The molecule has 1 amide bonds. The average Bonchev–Trinajstić information content (AvgIpc) is 2.66. The molecule has 0 bridgehead atoms. The van der Waals surface area contributed by atoms with E-state index in [-0.39, 0.29) is 11.8 Å². The lowest BCUT2D eigenvalue weighted by atomic mass is 9.92. The molecule has 2 heterocycles. The Kier molecular flexibility index (Phi) is 1.97. The normalized spacial score (nSPS) is 19.6. The Morgan fingerprint density at radius 2 is 2.19 bits per heavy atom. The number of aromatic nitrogens is 1. The number of hydrogen-bond acceptors (Lipinski definition) is 2. The van der Waals surface area contributed by atoms with Crippen LogP contribution in [-0.2, 0) is 11.3 Å². The first-order chi connectivity index (χ1) is 7.77. The van der Waals surface area contributed by atoms with Crippen LogP contribution in [0.25, 0.3) is 10.9 Å². The van der Waals surface area contributed by atoms with Crippen molar-refractivity contribution in [1.29, 1.82) is 0 Å². The molecule has 1 aromatic heterocycles. The van der Waals surface area contributed by atoms with Gasteiger partial charge < -0.3 is 16.0 Å². The van der Waals surface area contributed by atoms with Crippen LogP contribution in [0.4, 0.5) is 0 Å². The van der Waals surface area contributed by atoms with Crippen molar-refractivity contribution in [2.24, 2.45) is 5.73 Å². The van der Waals surface area contributed by atoms with E-state index in [9.17, 15) is 4.79 Å². The number of para-hydroxylation sites is 1. The highest BCUT2D eigenvalue weighted by atomic mass is 16.1. The molecule has 0 fully saturated rings. The molecule has 82 valence electrons. The zero-order chi connectivity index (χ0) is 11.1. The number of aromatic amines is 1. The summed E-state index contributed by atoms with van der Waals surface area (Å²) in [4.78, 5) is 14.8. The first-order valence-corrected chi connectivity index (χ1v) is 5.37. The zero-order valence-corrected chi connectivity index (χ0v) is 8.79. The monoisotopic (exact) mass is 215 g/mol. The highest BCUT2D eigenvalue weighted by Crippen LogP contribution is 2.31. The Labute approximate surface area is 92.8 Å². The molecule has 0 radical (unpaired) electrons. The second kappa shape index (κ2) is 3.35. The van der Waals surface area contributed by atoms with E-state index in [1.807, 2.05) is 24.3 Å². The maximum Gasteiger partial charge on any atom is 0.226 e. The number of primary amides is 1. The number of benzene rings is 1. The Morgan fingerprint density at radius 3 is 3.00 bits per heavy atom. The summed E-state index contributed by atoms with van der Waals surface area (Å²) >= 11 is 0. The maximum absolute atomic E-state index is 11.4. The molecule has 1 aliphatic rings. The predicted molar refractivity (Wildman–Crippen MR) is 61.9 cm³/mol. The van der Waals surface area contributed by atoms with E-state index in [4.69, 9.17) is 5.73 Å². The van der Waals surface area contributed by atoms with Crippen molar-refractivity contribution < 1.29 is 4.79 Å². The smallest absolute Gasteiger partial charge is 0.226 e. The minimum absolute atomic E-state index is 0.222. The first kappa shape index (κ1) is 9.42. The van der Waals surface area contributed by atoms with Gasteiger partial charge in [0.2, 0.25) is 5.91 Å². The van der Waals surface area contributed by atoms with Crippen molar-refractivity contribution in [1.82, 2.24) is 10.3 Å². The summed E-state index contributed by atoms with van der Waals surface area (Å²) in [5, 5.41) is 4.31. The molecule has 0 aliphatic carbocycles. The fourth-order valence-electron chi connectivity index (χ4n) is 2.44. The van der Waals surface area contributed by atoms with E-state index >= 15 is 0 Å². The van der Waals surface area contributed by atoms with E-state index in [0.29, 0.717) is 6.54 Å². The summed E-state index contributed by atoms with van der Waals surface area (Å²) in [7, 11) is 0. The molecule has 3 rings (SSSR count). The molecule has 4 nitrogen and oxygen atoms in total. The van der Waals surface area contributed by atoms with Gasteiger partial charge in [0.25, 0.3) is 0 Å². The van der Waals surface area contributed by atoms with Crippen LogP contribution in [0.15, 0.2) is 24.3 Å². The Morgan fingerprint density at radius 1 is 1.38 bits per heavy atom. The maximum atomic E-state index is 11.4. The zero-order valence-electron chi connectivity index (χ0n) is 8.79. The summed E-state index contributed by atoms with van der Waals surface area (Å²) in [6.07, 6.45) is 0. The Bertz CT molecular complexity index is 558. The molecule has 1 aromatic carbocycles. The van der Waals surface area contributed by atoms with Gasteiger partial charge in [-0.1, -0.05) is 18.2 Å². The Balaban J connectivity index is 2.28. The molecule has 16 heavy (non-hydrogen) atoms. The quantitative estimate of drug-likeness (QED) is 0.659. The molecule has 1 aliphatic heterocycles. The van der Waals surface area contributed by atoms with Gasteiger partial charge in [-0.2, -0.15) is 0 Å². The van der Waals surface area contributed by atoms with Crippen LogP contribution in [0.5, 0.6) is 0 Å². The van der Waals surface area contributed by atoms with Crippen LogP contribution in [0.1, 0.15) is 17.2 Å². The third-order valence-electron chi connectivity index (χ3n) is 3.17. The molecule has 2 aromatic rings. The third kappa shape index (κ3) is 1.23. The summed E-state index contributed by atoms with van der Waals surface area (Å²) in [6, 6.07) is 8.02. The minimum atomic E-state index is -0.266. The highest BCUT2D eigenvalue weighted by molar-refractivity contribution is 5.93.